The van der Waals surface area contributed by atoms with Crippen LogP contribution in [-0.2, 0) is 4.57 Å². The fourth-order valence-corrected chi connectivity index (χ4v) is 1.64. The van der Waals surface area contributed by atoms with Crippen molar-refractivity contribution in [1.29, 1.82) is 0 Å². The third-order valence-electron chi connectivity index (χ3n) is 2.15. The van der Waals surface area contributed by atoms with Gasteiger partial charge < -0.3 is 9.79 Å². The molecule has 1 aromatic rings. The quantitative estimate of drug-likeness (QED) is 0.815. The molecular formula is C9H10F3O3P. The minimum Gasteiger partial charge on any atom is -0.320 e. The summed E-state index contributed by atoms with van der Waals surface area (Å²) in [5.41, 5.74) is -4.92. The van der Waals surface area contributed by atoms with Crippen molar-refractivity contribution >= 4 is 7.60 Å². The summed E-state index contributed by atoms with van der Waals surface area (Å²) < 4.78 is 50.0. The van der Waals surface area contributed by atoms with Gasteiger partial charge in [0.2, 0.25) is 6.17 Å². The lowest BCUT2D eigenvalue weighted by Crippen LogP contribution is -2.24. The number of halogens is 3. The zero-order valence-corrected chi connectivity index (χ0v) is 9.16. The minimum atomic E-state index is -5.82. The normalized spacial score (nSPS) is 14.9. The van der Waals surface area contributed by atoms with E-state index in [1.54, 1.807) is 0 Å². The first-order valence-electron chi connectivity index (χ1n) is 4.31. The van der Waals surface area contributed by atoms with Gasteiger partial charge in [-0.15, -0.1) is 0 Å². The Morgan fingerprint density at radius 2 is 1.81 bits per heavy atom. The molecule has 0 bridgehead atoms. The van der Waals surface area contributed by atoms with E-state index in [4.69, 9.17) is 9.79 Å². The van der Waals surface area contributed by atoms with Crippen LogP contribution in [0.3, 0.4) is 0 Å². The van der Waals surface area contributed by atoms with Gasteiger partial charge in [0, 0.05) is 0 Å². The Morgan fingerprint density at radius 3 is 2.25 bits per heavy atom. The predicted octanol–water partition coefficient (Wildman–Crippen LogP) is 2.78. The van der Waals surface area contributed by atoms with Gasteiger partial charge in [0.1, 0.15) is 0 Å². The van der Waals surface area contributed by atoms with Crippen molar-refractivity contribution in [2.75, 3.05) is 0 Å². The number of rotatable bonds is 3. The van der Waals surface area contributed by atoms with Gasteiger partial charge in [-0.3, -0.25) is 4.57 Å². The van der Waals surface area contributed by atoms with Crippen LogP contribution in [0, 0.1) is 6.92 Å². The maximum atomic E-state index is 13.4. The maximum absolute atomic E-state index is 13.4. The number of benzene rings is 1. The van der Waals surface area contributed by atoms with Gasteiger partial charge in [0.15, 0.2) is 0 Å². The standard InChI is InChI=1S/C9H10F3O3P/c1-6-4-2-3-5-7(6)8(10)9(11,12)16(13,14)15/h2-5,8H,1H3,(H2,13,14,15). The van der Waals surface area contributed by atoms with E-state index in [0.717, 1.165) is 6.07 Å². The first-order chi connectivity index (χ1) is 7.18. The molecular weight excluding hydrogens is 244 g/mol. The Bertz CT molecular complexity index is 430. The van der Waals surface area contributed by atoms with Crippen LogP contribution in [0.15, 0.2) is 24.3 Å². The molecule has 0 amide bonds. The van der Waals surface area contributed by atoms with E-state index in [-0.39, 0.29) is 5.56 Å². The van der Waals surface area contributed by atoms with Crippen molar-refractivity contribution in [2.45, 2.75) is 18.8 Å². The molecule has 1 rings (SSSR count). The molecule has 0 radical (unpaired) electrons. The average molecular weight is 254 g/mol. The SMILES string of the molecule is Cc1ccccc1C(F)C(F)(F)P(=O)(O)O. The molecule has 7 heteroatoms. The van der Waals surface area contributed by atoms with Crippen molar-refractivity contribution in [2.24, 2.45) is 0 Å². The van der Waals surface area contributed by atoms with Crippen LogP contribution in [-0.4, -0.2) is 15.5 Å². The molecule has 0 aromatic heterocycles. The van der Waals surface area contributed by atoms with Crippen molar-refractivity contribution in [1.82, 2.24) is 0 Å². The minimum absolute atomic E-state index is 0.211. The molecule has 0 heterocycles. The van der Waals surface area contributed by atoms with Crippen molar-refractivity contribution in [3.8, 4) is 0 Å². The Kier molecular flexibility index (Phi) is 3.47. The number of hydrogen-bond donors (Lipinski definition) is 2. The summed E-state index contributed by atoms with van der Waals surface area (Å²) >= 11 is 0. The summed E-state index contributed by atoms with van der Waals surface area (Å²) in [6.07, 6.45) is -3.02. The predicted molar refractivity (Wildman–Crippen MR) is 52.0 cm³/mol. The molecule has 0 saturated heterocycles. The van der Waals surface area contributed by atoms with Crippen molar-refractivity contribution in [3.05, 3.63) is 35.4 Å². The largest absolute Gasteiger partial charge is 0.398 e. The highest BCUT2D eigenvalue weighted by atomic mass is 31.2. The molecule has 0 aliphatic carbocycles. The zero-order valence-electron chi connectivity index (χ0n) is 8.27. The third kappa shape index (κ3) is 2.29. The Hall–Kier alpha value is -0.840. The summed E-state index contributed by atoms with van der Waals surface area (Å²) in [5.74, 6) is 0. The van der Waals surface area contributed by atoms with Crippen LogP contribution >= 0.6 is 7.60 Å². The van der Waals surface area contributed by atoms with Gasteiger partial charge in [-0.05, 0) is 18.1 Å². The van der Waals surface area contributed by atoms with Gasteiger partial charge in [-0.25, -0.2) is 4.39 Å². The molecule has 0 fully saturated rings. The van der Waals surface area contributed by atoms with Gasteiger partial charge in [0.25, 0.3) is 0 Å². The fourth-order valence-electron chi connectivity index (χ4n) is 1.21. The Balaban J connectivity index is 3.18. The molecule has 16 heavy (non-hydrogen) atoms. The molecule has 90 valence electrons. The highest BCUT2D eigenvalue weighted by molar-refractivity contribution is 7.53. The Morgan fingerprint density at radius 1 is 1.31 bits per heavy atom. The van der Waals surface area contributed by atoms with Crippen molar-refractivity contribution in [3.63, 3.8) is 0 Å². The summed E-state index contributed by atoms with van der Waals surface area (Å²) in [7, 11) is -5.82. The highest BCUT2D eigenvalue weighted by Gasteiger charge is 2.56. The van der Waals surface area contributed by atoms with Crippen LogP contribution in [0.2, 0.25) is 0 Å². The first kappa shape index (κ1) is 13.2. The summed E-state index contributed by atoms with van der Waals surface area (Å²) in [6.45, 7) is 1.39. The molecule has 0 aliphatic heterocycles. The lowest BCUT2D eigenvalue weighted by atomic mass is 10.0. The number of aryl methyl sites for hydroxylation is 1. The molecule has 1 aromatic carbocycles. The summed E-state index contributed by atoms with van der Waals surface area (Å²) in [4.78, 5) is 16.8. The van der Waals surface area contributed by atoms with E-state index < -0.39 is 25.0 Å². The van der Waals surface area contributed by atoms with E-state index in [1.165, 1.54) is 25.1 Å². The second-order valence-corrected chi connectivity index (χ2v) is 5.04. The lowest BCUT2D eigenvalue weighted by molar-refractivity contribution is -0.0190. The fraction of sp³-hybridized carbons (Fsp3) is 0.333. The van der Waals surface area contributed by atoms with Crippen LogP contribution in [0.1, 0.15) is 17.3 Å². The van der Waals surface area contributed by atoms with E-state index in [1.807, 2.05) is 0 Å². The molecule has 0 aliphatic rings. The highest BCUT2D eigenvalue weighted by Crippen LogP contribution is 2.60. The third-order valence-corrected chi connectivity index (χ3v) is 3.16. The molecule has 3 nitrogen and oxygen atoms in total. The number of hydrogen-bond acceptors (Lipinski definition) is 1. The van der Waals surface area contributed by atoms with Crippen molar-refractivity contribution < 1.29 is 27.5 Å². The van der Waals surface area contributed by atoms with E-state index in [2.05, 4.69) is 0 Å². The Labute approximate surface area is 90.1 Å². The molecule has 1 unspecified atom stereocenters. The topological polar surface area (TPSA) is 57.5 Å². The first-order valence-corrected chi connectivity index (χ1v) is 5.92. The average Bonchev–Trinajstić information content (AvgIpc) is 2.15. The van der Waals surface area contributed by atoms with Crippen LogP contribution in [0.25, 0.3) is 0 Å². The maximum Gasteiger partial charge on any atom is 0.398 e. The van der Waals surface area contributed by atoms with Crippen LogP contribution in [0.5, 0.6) is 0 Å². The van der Waals surface area contributed by atoms with E-state index >= 15 is 0 Å². The van der Waals surface area contributed by atoms with Gasteiger partial charge in [-0.1, -0.05) is 24.3 Å². The second-order valence-electron chi connectivity index (χ2n) is 3.35. The van der Waals surface area contributed by atoms with Gasteiger partial charge in [-0.2, -0.15) is 8.78 Å². The van der Waals surface area contributed by atoms with E-state index in [9.17, 15) is 17.7 Å². The second kappa shape index (κ2) is 4.20. The van der Waals surface area contributed by atoms with Crippen LogP contribution in [0.4, 0.5) is 13.2 Å². The zero-order chi connectivity index (χ0) is 12.6. The smallest absolute Gasteiger partial charge is 0.320 e. The van der Waals surface area contributed by atoms with E-state index in [0.29, 0.717) is 0 Å². The molecule has 1 atom stereocenters. The lowest BCUT2D eigenvalue weighted by Gasteiger charge is -2.22. The summed E-state index contributed by atoms with van der Waals surface area (Å²) in [6, 6.07) is 5.30. The van der Waals surface area contributed by atoms with Crippen LogP contribution < -0.4 is 0 Å². The van der Waals surface area contributed by atoms with Gasteiger partial charge in [0.05, 0.1) is 0 Å². The monoisotopic (exact) mass is 254 g/mol. The molecule has 2 N–H and O–H groups in total. The number of alkyl halides is 3. The molecule has 0 saturated carbocycles. The molecule has 0 spiro atoms. The van der Waals surface area contributed by atoms with Gasteiger partial charge >= 0.3 is 13.3 Å². The summed E-state index contributed by atoms with van der Waals surface area (Å²) in [5, 5.41) is 0.